The second-order valence-electron chi connectivity index (χ2n) is 5.52. The van der Waals surface area contributed by atoms with Crippen LogP contribution in [0.1, 0.15) is 75.6 Å². The van der Waals surface area contributed by atoms with Crippen LogP contribution in [0.3, 0.4) is 0 Å². The van der Waals surface area contributed by atoms with E-state index in [9.17, 15) is 0 Å². The average molecular weight is 260 g/mol. The lowest BCUT2D eigenvalue weighted by Gasteiger charge is -2.13. The van der Waals surface area contributed by atoms with Crippen LogP contribution in [0.25, 0.3) is 0 Å². The van der Waals surface area contributed by atoms with Gasteiger partial charge in [0.1, 0.15) is 5.69 Å². The van der Waals surface area contributed by atoms with Gasteiger partial charge in [0.2, 0.25) is 0 Å². The minimum Gasteiger partial charge on any atom is -0.249 e. The Morgan fingerprint density at radius 1 is 1.26 bits per heavy atom. The SMILES string of the molecule is CCCCCCn1nnc(CC#N)c1C1CCCC1. The Labute approximate surface area is 115 Å². The van der Waals surface area contributed by atoms with Crippen molar-refractivity contribution in [3.8, 4) is 6.07 Å². The summed E-state index contributed by atoms with van der Waals surface area (Å²) in [5.41, 5.74) is 2.18. The Balaban J connectivity index is 2.06. The summed E-state index contributed by atoms with van der Waals surface area (Å²) >= 11 is 0. The van der Waals surface area contributed by atoms with Gasteiger partial charge in [-0.05, 0) is 19.3 Å². The molecule has 0 radical (unpaired) electrons. The standard InChI is InChI=1S/C15H24N4/c1-2-3-4-7-12-19-15(13-8-5-6-9-13)14(10-11-16)17-18-19/h13H,2-10,12H2,1H3. The molecule has 2 rings (SSSR count). The van der Waals surface area contributed by atoms with Crippen LogP contribution in [0.2, 0.25) is 0 Å². The zero-order valence-electron chi connectivity index (χ0n) is 11.9. The van der Waals surface area contributed by atoms with E-state index in [1.54, 1.807) is 0 Å². The van der Waals surface area contributed by atoms with Gasteiger partial charge < -0.3 is 0 Å². The van der Waals surface area contributed by atoms with E-state index in [2.05, 4.69) is 28.0 Å². The fraction of sp³-hybridized carbons (Fsp3) is 0.800. The molecule has 4 nitrogen and oxygen atoms in total. The van der Waals surface area contributed by atoms with Crippen molar-refractivity contribution in [3.05, 3.63) is 11.4 Å². The van der Waals surface area contributed by atoms with Gasteiger partial charge in [0.15, 0.2) is 0 Å². The highest BCUT2D eigenvalue weighted by Crippen LogP contribution is 2.35. The van der Waals surface area contributed by atoms with Crippen LogP contribution in [-0.4, -0.2) is 15.0 Å². The van der Waals surface area contributed by atoms with Crippen molar-refractivity contribution < 1.29 is 0 Å². The van der Waals surface area contributed by atoms with Gasteiger partial charge in [0, 0.05) is 12.5 Å². The molecule has 1 aromatic heterocycles. The highest BCUT2D eigenvalue weighted by atomic mass is 15.4. The summed E-state index contributed by atoms with van der Waals surface area (Å²) in [7, 11) is 0. The minimum atomic E-state index is 0.404. The molecule has 104 valence electrons. The first-order valence-corrected chi connectivity index (χ1v) is 7.66. The van der Waals surface area contributed by atoms with Gasteiger partial charge >= 0.3 is 0 Å². The van der Waals surface area contributed by atoms with E-state index in [1.807, 2.05) is 0 Å². The second kappa shape index (κ2) is 7.28. The molecule has 1 aliphatic rings. The first kappa shape index (κ1) is 14.0. The van der Waals surface area contributed by atoms with Gasteiger partial charge in [0.05, 0.1) is 18.2 Å². The first-order valence-electron chi connectivity index (χ1n) is 7.66. The molecule has 0 N–H and O–H groups in total. The zero-order valence-corrected chi connectivity index (χ0v) is 11.9. The molecule has 0 bridgehead atoms. The Kier molecular flexibility index (Phi) is 5.38. The maximum Gasteiger partial charge on any atom is 0.100 e. The molecule has 0 aliphatic heterocycles. The number of aryl methyl sites for hydroxylation is 1. The fourth-order valence-electron chi connectivity index (χ4n) is 3.06. The molecule has 0 atom stereocenters. The number of hydrogen-bond acceptors (Lipinski definition) is 3. The smallest absolute Gasteiger partial charge is 0.100 e. The number of nitrogens with zero attached hydrogens (tertiary/aromatic N) is 4. The summed E-state index contributed by atoms with van der Waals surface area (Å²) in [5.74, 6) is 0.588. The lowest BCUT2D eigenvalue weighted by molar-refractivity contribution is 0.493. The van der Waals surface area contributed by atoms with Crippen LogP contribution in [0.5, 0.6) is 0 Å². The molecule has 19 heavy (non-hydrogen) atoms. The van der Waals surface area contributed by atoms with Gasteiger partial charge in [-0.15, -0.1) is 5.10 Å². The number of nitriles is 1. The predicted octanol–water partition coefficient (Wildman–Crippen LogP) is 3.58. The molecule has 1 aromatic rings. The van der Waals surface area contributed by atoms with Crippen molar-refractivity contribution in [1.82, 2.24) is 15.0 Å². The lowest BCUT2D eigenvalue weighted by atomic mass is 10.0. The van der Waals surface area contributed by atoms with E-state index in [-0.39, 0.29) is 0 Å². The minimum absolute atomic E-state index is 0.404. The second-order valence-corrected chi connectivity index (χ2v) is 5.52. The van der Waals surface area contributed by atoms with Crippen LogP contribution in [0.15, 0.2) is 0 Å². The van der Waals surface area contributed by atoms with E-state index >= 15 is 0 Å². The fourth-order valence-corrected chi connectivity index (χ4v) is 3.06. The summed E-state index contributed by atoms with van der Waals surface area (Å²) in [5, 5.41) is 17.4. The largest absolute Gasteiger partial charge is 0.249 e. The van der Waals surface area contributed by atoms with E-state index in [4.69, 9.17) is 5.26 Å². The Morgan fingerprint density at radius 3 is 2.74 bits per heavy atom. The molecule has 1 heterocycles. The quantitative estimate of drug-likeness (QED) is 0.704. The molecule has 1 aliphatic carbocycles. The van der Waals surface area contributed by atoms with Crippen molar-refractivity contribution >= 4 is 0 Å². The number of unbranched alkanes of at least 4 members (excludes halogenated alkanes) is 3. The Hall–Kier alpha value is -1.37. The zero-order chi connectivity index (χ0) is 13.5. The summed E-state index contributed by atoms with van der Waals surface area (Å²) in [6.45, 7) is 3.19. The lowest BCUT2D eigenvalue weighted by Crippen LogP contribution is -2.09. The number of hydrogen-bond donors (Lipinski definition) is 0. The summed E-state index contributed by atoms with van der Waals surface area (Å²) in [4.78, 5) is 0. The van der Waals surface area contributed by atoms with Gasteiger partial charge in [-0.2, -0.15) is 5.26 Å². The van der Waals surface area contributed by atoms with E-state index < -0.39 is 0 Å². The number of aromatic nitrogens is 3. The number of rotatable bonds is 7. The van der Waals surface area contributed by atoms with Crippen molar-refractivity contribution in [2.75, 3.05) is 0 Å². The third-order valence-corrected chi connectivity index (χ3v) is 4.06. The maximum atomic E-state index is 8.92. The molecule has 0 unspecified atom stereocenters. The van der Waals surface area contributed by atoms with Crippen LogP contribution < -0.4 is 0 Å². The van der Waals surface area contributed by atoms with Crippen LogP contribution in [0, 0.1) is 11.3 Å². The monoisotopic (exact) mass is 260 g/mol. The van der Waals surface area contributed by atoms with Gasteiger partial charge in [-0.1, -0.05) is 44.2 Å². The van der Waals surface area contributed by atoms with Crippen molar-refractivity contribution in [2.24, 2.45) is 0 Å². The Morgan fingerprint density at radius 2 is 2.05 bits per heavy atom. The van der Waals surface area contributed by atoms with Gasteiger partial charge in [-0.25, -0.2) is 4.68 Å². The first-order chi connectivity index (χ1) is 9.36. The van der Waals surface area contributed by atoms with Crippen molar-refractivity contribution in [3.63, 3.8) is 0 Å². The van der Waals surface area contributed by atoms with Crippen LogP contribution >= 0.6 is 0 Å². The normalized spacial score (nSPS) is 15.8. The van der Waals surface area contributed by atoms with Crippen LogP contribution in [-0.2, 0) is 13.0 Å². The summed E-state index contributed by atoms with van der Waals surface area (Å²) in [6.07, 6.45) is 10.5. The van der Waals surface area contributed by atoms with Crippen molar-refractivity contribution in [1.29, 1.82) is 5.26 Å². The molecule has 0 amide bonds. The molecular weight excluding hydrogens is 236 g/mol. The third-order valence-electron chi connectivity index (χ3n) is 4.06. The molecule has 0 aromatic carbocycles. The van der Waals surface area contributed by atoms with E-state index in [0.29, 0.717) is 12.3 Å². The van der Waals surface area contributed by atoms with Crippen LogP contribution in [0.4, 0.5) is 0 Å². The van der Waals surface area contributed by atoms with Gasteiger partial charge in [0.25, 0.3) is 0 Å². The predicted molar refractivity (Wildman–Crippen MR) is 74.7 cm³/mol. The average Bonchev–Trinajstić information content (AvgIpc) is 3.04. The summed E-state index contributed by atoms with van der Waals surface area (Å²) in [6, 6.07) is 2.22. The highest BCUT2D eigenvalue weighted by molar-refractivity contribution is 5.19. The third kappa shape index (κ3) is 3.56. The maximum absolute atomic E-state index is 8.92. The van der Waals surface area contributed by atoms with E-state index in [1.165, 1.54) is 57.1 Å². The topological polar surface area (TPSA) is 54.5 Å². The molecule has 4 heteroatoms. The molecular formula is C15H24N4. The van der Waals surface area contributed by atoms with Crippen molar-refractivity contribution in [2.45, 2.75) is 77.2 Å². The Bertz CT molecular complexity index is 424. The molecule has 1 saturated carbocycles. The summed E-state index contributed by atoms with van der Waals surface area (Å²) < 4.78 is 2.08. The molecule has 0 saturated heterocycles. The van der Waals surface area contributed by atoms with Gasteiger partial charge in [-0.3, -0.25) is 0 Å². The highest BCUT2D eigenvalue weighted by Gasteiger charge is 2.25. The van der Waals surface area contributed by atoms with E-state index in [0.717, 1.165) is 12.2 Å². The molecule has 0 spiro atoms. The molecule has 1 fully saturated rings.